The molecule has 122 valence electrons. The number of hydrogen-bond donors (Lipinski definition) is 1. The van der Waals surface area contributed by atoms with Gasteiger partial charge >= 0.3 is 0 Å². The normalized spacial score (nSPS) is 11.2. The van der Waals surface area contributed by atoms with Crippen LogP contribution in [0.25, 0.3) is 6.08 Å². The van der Waals surface area contributed by atoms with E-state index in [0.717, 1.165) is 0 Å². The topological polar surface area (TPSA) is 52.9 Å². The number of benzene rings is 2. The van der Waals surface area contributed by atoms with Gasteiger partial charge in [-0.3, -0.25) is 4.79 Å². The molecular weight excluding hydrogens is 354 g/mol. The lowest BCUT2D eigenvalue weighted by atomic mass is 10.1. The molecule has 0 heterocycles. The lowest BCUT2D eigenvalue weighted by Crippen LogP contribution is -2.13. The molecule has 0 atom stereocenters. The zero-order chi connectivity index (χ0) is 17.5. The molecule has 0 radical (unpaired) electrons. The first-order valence-corrected chi connectivity index (χ1v) is 7.98. The number of rotatable bonds is 5. The van der Waals surface area contributed by atoms with E-state index in [9.17, 15) is 13.6 Å². The third-order valence-corrected chi connectivity index (χ3v) is 3.97. The molecule has 2 aromatic rings. The van der Waals surface area contributed by atoms with Crippen molar-refractivity contribution in [3.05, 3.63) is 64.7 Å². The van der Waals surface area contributed by atoms with E-state index in [1.807, 2.05) is 6.07 Å². The number of carbonyl (C=O) groups is 1. The van der Waals surface area contributed by atoms with Crippen molar-refractivity contribution < 1.29 is 13.6 Å². The van der Waals surface area contributed by atoms with Gasteiger partial charge in [0.1, 0.15) is 11.6 Å². The Bertz CT molecular complexity index is 801. The SMILES string of the molecule is N#CC(=Cc1ccccc1Cl)C(=O)Nc1ccc(SC(F)F)cc1. The molecule has 0 aliphatic heterocycles. The van der Waals surface area contributed by atoms with E-state index < -0.39 is 11.7 Å². The summed E-state index contributed by atoms with van der Waals surface area (Å²) < 4.78 is 24.5. The van der Waals surface area contributed by atoms with Crippen LogP contribution in [0.15, 0.2) is 59.0 Å². The van der Waals surface area contributed by atoms with Gasteiger partial charge in [0, 0.05) is 15.6 Å². The molecule has 0 unspecified atom stereocenters. The van der Waals surface area contributed by atoms with E-state index in [2.05, 4.69) is 5.32 Å². The summed E-state index contributed by atoms with van der Waals surface area (Å²) in [5.41, 5.74) is 0.836. The molecule has 0 aliphatic carbocycles. The van der Waals surface area contributed by atoms with Crippen LogP contribution in [0.1, 0.15) is 5.56 Å². The van der Waals surface area contributed by atoms with E-state index in [-0.39, 0.29) is 5.57 Å². The molecule has 2 rings (SSSR count). The Labute approximate surface area is 146 Å². The zero-order valence-electron chi connectivity index (χ0n) is 12.2. The van der Waals surface area contributed by atoms with Crippen LogP contribution in [0.5, 0.6) is 0 Å². The fourth-order valence-corrected chi connectivity index (χ4v) is 2.50. The van der Waals surface area contributed by atoms with Crippen molar-refractivity contribution in [3.63, 3.8) is 0 Å². The molecule has 0 fully saturated rings. The van der Waals surface area contributed by atoms with Crippen molar-refractivity contribution in [2.45, 2.75) is 10.7 Å². The lowest BCUT2D eigenvalue weighted by Gasteiger charge is -2.06. The number of hydrogen-bond acceptors (Lipinski definition) is 3. The first-order valence-electron chi connectivity index (χ1n) is 6.72. The summed E-state index contributed by atoms with van der Waals surface area (Å²) in [6.07, 6.45) is 1.39. The Morgan fingerprint density at radius 1 is 1.21 bits per heavy atom. The Hall–Kier alpha value is -2.36. The maximum atomic E-state index is 12.3. The lowest BCUT2D eigenvalue weighted by molar-refractivity contribution is -0.112. The predicted molar refractivity (Wildman–Crippen MR) is 92.0 cm³/mol. The van der Waals surface area contributed by atoms with E-state index in [0.29, 0.717) is 32.9 Å². The minimum absolute atomic E-state index is 0.117. The summed E-state index contributed by atoms with van der Waals surface area (Å²) in [6.45, 7) is 0. The van der Waals surface area contributed by atoms with Gasteiger partial charge in [-0.15, -0.1) is 0 Å². The molecule has 24 heavy (non-hydrogen) atoms. The summed E-state index contributed by atoms with van der Waals surface area (Å²) in [6, 6.07) is 14.6. The number of nitrogens with zero attached hydrogens (tertiary/aromatic N) is 1. The second-order valence-corrected chi connectivity index (χ2v) is 6.02. The van der Waals surface area contributed by atoms with Crippen LogP contribution in [0.3, 0.4) is 0 Å². The molecule has 1 N–H and O–H groups in total. The third-order valence-electron chi connectivity index (χ3n) is 2.91. The highest BCUT2D eigenvalue weighted by Gasteiger charge is 2.11. The van der Waals surface area contributed by atoms with Gasteiger partial charge in [-0.2, -0.15) is 14.0 Å². The molecule has 0 spiro atoms. The molecule has 3 nitrogen and oxygen atoms in total. The van der Waals surface area contributed by atoms with Gasteiger partial charge in [0.05, 0.1) is 0 Å². The summed E-state index contributed by atoms with van der Waals surface area (Å²) in [4.78, 5) is 12.5. The summed E-state index contributed by atoms with van der Waals surface area (Å²) in [5, 5.41) is 12.1. The van der Waals surface area contributed by atoms with Crippen LogP contribution < -0.4 is 5.32 Å². The van der Waals surface area contributed by atoms with Gasteiger partial charge in [0.15, 0.2) is 0 Å². The molecular formula is C17H11ClF2N2OS. The number of amides is 1. The number of thioether (sulfide) groups is 1. The summed E-state index contributed by atoms with van der Waals surface area (Å²) in [7, 11) is 0. The van der Waals surface area contributed by atoms with Crippen LogP contribution in [-0.2, 0) is 4.79 Å². The number of alkyl halides is 2. The maximum Gasteiger partial charge on any atom is 0.288 e. The van der Waals surface area contributed by atoms with Crippen molar-refractivity contribution in [1.29, 1.82) is 5.26 Å². The number of nitriles is 1. The number of halogens is 3. The molecule has 2 aromatic carbocycles. The molecule has 0 saturated carbocycles. The second-order valence-electron chi connectivity index (χ2n) is 4.55. The van der Waals surface area contributed by atoms with E-state index >= 15 is 0 Å². The van der Waals surface area contributed by atoms with Gasteiger partial charge in [-0.1, -0.05) is 41.6 Å². The second kappa shape index (κ2) is 8.48. The van der Waals surface area contributed by atoms with Crippen LogP contribution >= 0.6 is 23.4 Å². The Morgan fingerprint density at radius 2 is 1.88 bits per heavy atom. The van der Waals surface area contributed by atoms with Crippen LogP contribution in [0.2, 0.25) is 5.02 Å². The standard InChI is InChI=1S/C17H11ClF2N2OS/c18-15-4-2-1-3-11(15)9-12(10-21)16(23)22-13-5-7-14(8-6-13)24-17(19)20/h1-9,17H,(H,22,23). The molecule has 7 heteroatoms. The molecule has 0 saturated heterocycles. The fraction of sp³-hybridized carbons (Fsp3) is 0.0588. The van der Waals surface area contributed by atoms with Crippen LogP contribution in [-0.4, -0.2) is 11.7 Å². The largest absolute Gasteiger partial charge is 0.321 e. The van der Waals surface area contributed by atoms with Crippen LogP contribution in [0, 0.1) is 11.3 Å². The fourth-order valence-electron chi connectivity index (χ4n) is 1.81. The van der Waals surface area contributed by atoms with E-state index in [4.69, 9.17) is 16.9 Å². The minimum Gasteiger partial charge on any atom is -0.321 e. The van der Waals surface area contributed by atoms with Crippen molar-refractivity contribution in [2.24, 2.45) is 0 Å². The average molecular weight is 365 g/mol. The van der Waals surface area contributed by atoms with Gasteiger partial charge in [-0.25, -0.2) is 0 Å². The highest BCUT2D eigenvalue weighted by Crippen LogP contribution is 2.26. The van der Waals surface area contributed by atoms with Gasteiger partial charge in [-0.05, 0) is 42.0 Å². The van der Waals surface area contributed by atoms with Gasteiger partial charge in [0.2, 0.25) is 0 Å². The maximum absolute atomic E-state index is 12.3. The quantitative estimate of drug-likeness (QED) is 0.450. The Kier molecular flexibility index (Phi) is 6.36. The Morgan fingerprint density at radius 3 is 2.46 bits per heavy atom. The Balaban J connectivity index is 2.13. The van der Waals surface area contributed by atoms with E-state index in [1.165, 1.54) is 30.3 Å². The van der Waals surface area contributed by atoms with Crippen molar-refractivity contribution in [2.75, 3.05) is 5.32 Å². The highest BCUT2D eigenvalue weighted by molar-refractivity contribution is 7.99. The summed E-state index contributed by atoms with van der Waals surface area (Å²) >= 11 is 6.42. The first kappa shape index (κ1) is 18.0. The van der Waals surface area contributed by atoms with Gasteiger partial charge in [0.25, 0.3) is 11.7 Å². The van der Waals surface area contributed by atoms with Crippen molar-refractivity contribution in [3.8, 4) is 6.07 Å². The highest BCUT2D eigenvalue weighted by atomic mass is 35.5. The molecule has 1 amide bonds. The zero-order valence-corrected chi connectivity index (χ0v) is 13.7. The molecule has 0 aromatic heterocycles. The first-order chi connectivity index (χ1) is 11.5. The van der Waals surface area contributed by atoms with Crippen molar-refractivity contribution >= 4 is 41.0 Å². The minimum atomic E-state index is -2.51. The predicted octanol–water partition coefficient (Wildman–Crippen LogP) is 5.20. The third kappa shape index (κ3) is 5.08. The number of nitrogens with one attached hydrogen (secondary N) is 1. The smallest absolute Gasteiger partial charge is 0.288 e. The monoisotopic (exact) mass is 364 g/mol. The number of carbonyl (C=O) groups excluding carboxylic acids is 1. The van der Waals surface area contributed by atoms with E-state index in [1.54, 1.807) is 24.3 Å². The summed E-state index contributed by atoms with van der Waals surface area (Å²) in [5.74, 6) is -3.11. The number of anilines is 1. The molecule has 0 bridgehead atoms. The van der Waals surface area contributed by atoms with Gasteiger partial charge < -0.3 is 5.32 Å². The van der Waals surface area contributed by atoms with Crippen LogP contribution in [0.4, 0.5) is 14.5 Å². The van der Waals surface area contributed by atoms with Crippen molar-refractivity contribution in [1.82, 2.24) is 0 Å². The average Bonchev–Trinajstić information content (AvgIpc) is 2.55. The molecule has 0 aliphatic rings.